The lowest BCUT2D eigenvalue weighted by molar-refractivity contribution is -0.117. The average Bonchev–Trinajstić information content (AvgIpc) is 3.11. The molecular formula is C21H21N3O3. The first kappa shape index (κ1) is 18.4. The van der Waals surface area contributed by atoms with E-state index in [1.54, 1.807) is 55.9 Å². The van der Waals surface area contributed by atoms with E-state index in [4.69, 9.17) is 4.74 Å². The van der Waals surface area contributed by atoms with E-state index in [2.05, 4.69) is 10.3 Å². The van der Waals surface area contributed by atoms with Gasteiger partial charge in [-0.1, -0.05) is 42.0 Å². The number of carbonyl (C=O) groups excluding carboxylic acids is 2. The molecule has 1 amide bonds. The van der Waals surface area contributed by atoms with E-state index in [1.807, 2.05) is 30.7 Å². The van der Waals surface area contributed by atoms with Gasteiger partial charge in [-0.25, -0.2) is 4.98 Å². The topological polar surface area (TPSA) is 73.2 Å². The quantitative estimate of drug-likeness (QED) is 0.540. The molecule has 6 nitrogen and oxygen atoms in total. The summed E-state index contributed by atoms with van der Waals surface area (Å²) in [5, 5.41) is 2.81. The van der Waals surface area contributed by atoms with Crippen molar-refractivity contribution in [1.82, 2.24) is 14.9 Å². The van der Waals surface area contributed by atoms with Crippen molar-refractivity contribution >= 4 is 11.7 Å². The fourth-order valence-electron chi connectivity index (χ4n) is 2.78. The Kier molecular flexibility index (Phi) is 5.35. The maximum atomic E-state index is 12.6. The van der Waals surface area contributed by atoms with Crippen molar-refractivity contribution in [1.29, 1.82) is 0 Å². The summed E-state index contributed by atoms with van der Waals surface area (Å²) in [5.41, 5.74) is 2.18. The summed E-state index contributed by atoms with van der Waals surface area (Å²) >= 11 is 0. The molecule has 1 unspecified atom stereocenters. The highest BCUT2D eigenvalue weighted by atomic mass is 16.5. The van der Waals surface area contributed by atoms with Crippen LogP contribution in [-0.2, 0) is 11.8 Å². The van der Waals surface area contributed by atoms with Crippen molar-refractivity contribution in [2.75, 3.05) is 7.11 Å². The number of Topliss-reactive ketones (excluding diaryl/α,β-unsaturated/α-hetero) is 1. The smallest absolute Gasteiger partial charge is 0.293 e. The van der Waals surface area contributed by atoms with Crippen LogP contribution in [0.2, 0.25) is 0 Å². The van der Waals surface area contributed by atoms with Gasteiger partial charge >= 0.3 is 0 Å². The van der Waals surface area contributed by atoms with Gasteiger partial charge in [-0.2, -0.15) is 0 Å². The molecule has 0 fully saturated rings. The first-order valence-electron chi connectivity index (χ1n) is 8.52. The number of benzene rings is 2. The van der Waals surface area contributed by atoms with E-state index < -0.39 is 17.7 Å². The number of aromatic nitrogens is 2. The Balaban J connectivity index is 1.89. The second-order valence-corrected chi connectivity index (χ2v) is 6.27. The molecule has 3 aromatic rings. The van der Waals surface area contributed by atoms with Crippen molar-refractivity contribution in [3.05, 3.63) is 83.4 Å². The number of imidazole rings is 1. The summed E-state index contributed by atoms with van der Waals surface area (Å²) < 4.78 is 7.00. The second kappa shape index (κ2) is 7.86. The Morgan fingerprint density at radius 3 is 2.30 bits per heavy atom. The molecule has 6 heteroatoms. The third-order valence-corrected chi connectivity index (χ3v) is 4.36. The van der Waals surface area contributed by atoms with Crippen LogP contribution in [0, 0.1) is 6.92 Å². The number of nitrogens with zero attached hydrogens (tertiary/aromatic N) is 2. The standard InChI is InChI=1S/C21H21N3O3/c1-14-4-6-16(7-5-14)19(25)21(26)23-18(20-22-12-13-24(20)2)15-8-10-17(27-3)11-9-15/h4-13,18H,1-3H3,(H,23,26). The molecule has 1 N–H and O–H groups in total. The van der Waals surface area contributed by atoms with Crippen molar-refractivity contribution in [3.8, 4) is 5.75 Å². The van der Waals surface area contributed by atoms with Crippen molar-refractivity contribution in [2.24, 2.45) is 7.05 Å². The van der Waals surface area contributed by atoms with Crippen LogP contribution in [0.5, 0.6) is 5.75 Å². The van der Waals surface area contributed by atoms with Gasteiger partial charge in [-0.3, -0.25) is 9.59 Å². The van der Waals surface area contributed by atoms with Gasteiger partial charge < -0.3 is 14.6 Å². The van der Waals surface area contributed by atoms with Crippen LogP contribution in [0.4, 0.5) is 0 Å². The van der Waals surface area contributed by atoms with Crippen LogP contribution in [0.15, 0.2) is 60.9 Å². The molecule has 2 aromatic carbocycles. The maximum absolute atomic E-state index is 12.6. The molecule has 0 saturated carbocycles. The zero-order chi connectivity index (χ0) is 19.4. The van der Waals surface area contributed by atoms with Crippen LogP contribution >= 0.6 is 0 Å². The molecule has 27 heavy (non-hydrogen) atoms. The largest absolute Gasteiger partial charge is 0.497 e. The molecule has 1 aromatic heterocycles. The molecule has 0 aliphatic rings. The zero-order valence-corrected chi connectivity index (χ0v) is 15.5. The first-order chi connectivity index (χ1) is 13.0. The molecule has 0 aliphatic carbocycles. The van der Waals surface area contributed by atoms with Gasteiger partial charge in [0.2, 0.25) is 5.78 Å². The van der Waals surface area contributed by atoms with Crippen LogP contribution in [0.1, 0.15) is 33.4 Å². The van der Waals surface area contributed by atoms with Gasteiger partial charge in [0.1, 0.15) is 17.6 Å². The van der Waals surface area contributed by atoms with E-state index in [0.717, 1.165) is 11.1 Å². The number of amides is 1. The van der Waals surface area contributed by atoms with Gasteiger partial charge in [-0.05, 0) is 24.6 Å². The third-order valence-electron chi connectivity index (χ3n) is 4.36. The Morgan fingerprint density at radius 1 is 1.07 bits per heavy atom. The number of ether oxygens (including phenoxy) is 1. The Bertz CT molecular complexity index is 944. The molecule has 0 saturated heterocycles. The Morgan fingerprint density at radius 2 is 1.74 bits per heavy atom. The van der Waals surface area contributed by atoms with Crippen LogP contribution in [0.3, 0.4) is 0 Å². The number of aryl methyl sites for hydroxylation is 2. The minimum absolute atomic E-state index is 0.353. The molecule has 0 spiro atoms. The number of hydrogen-bond acceptors (Lipinski definition) is 4. The lowest BCUT2D eigenvalue weighted by Crippen LogP contribution is -2.36. The predicted octanol–water partition coefficient (Wildman–Crippen LogP) is 2.83. The van der Waals surface area contributed by atoms with Crippen LogP contribution < -0.4 is 10.1 Å². The number of nitrogens with one attached hydrogen (secondary N) is 1. The molecule has 0 radical (unpaired) electrons. The summed E-state index contributed by atoms with van der Waals surface area (Å²) in [5.74, 6) is 0.0787. The van der Waals surface area contributed by atoms with Crippen LogP contribution in [0.25, 0.3) is 0 Å². The third kappa shape index (κ3) is 4.06. The first-order valence-corrected chi connectivity index (χ1v) is 8.52. The predicted molar refractivity (Wildman–Crippen MR) is 102 cm³/mol. The number of rotatable bonds is 6. The van der Waals surface area contributed by atoms with Gasteiger partial charge in [0.15, 0.2) is 0 Å². The summed E-state index contributed by atoms with van der Waals surface area (Å²) in [6, 6.07) is 13.7. The number of methoxy groups -OCH3 is 1. The van der Waals surface area contributed by atoms with Crippen molar-refractivity contribution < 1.29 is 14.3 Å². The van der Waals surface area contributed by atoms with E-state index in [9.17, 15) is 9.59 Å². The molecule has 0 bridgehead atoms. The maximum Gasteiger partial charge on any atom is 0.293 e. The van der Waals surface area contributed by atoms with Crippen LogP contribution in [-0.4, -0.2) is 28.4 Å². The SMILES string of the molecule is COc1ccc(C(NC(=O)C(=O)c2ccc(C)cc2)c2nccn2C)cc1. The average molecular weight is 363 g/mol. The molecule has 0 aliphatic heterocycles. The molecule has 3 rings (SSSR count). The molecule has 1 heterocycles. The second-order valence-electron chi connectivity index (χ2n) is 6.27. The number of hydrogen-bond donors (Lipinski definition) is 1. The summed E-state index contributed by atoms with van der Waals surface area (Å²) in [6.45, 7) is 1.93. The van der Waals surface area contributed by atoms with E-state index in [-0.39, 0.29) is 0 Å². The van der Waals surface area contributed by atoms with Gasteiger partial charge in [-0.15, -0.1) is 0 Å². The zero-order valence-electron chi connectivity index (χ0n) is 15.5. The summed E-state index contributed by atoms with van der Waals surface area (Å²) in [4.78, 5) is 29.5. The monoisotopic (exact) mass is 363 g/mol. The minimum Gasteiger partial charge on any atom is -0.497 e. The minimum atomic E-state index is -0.678. The fourth-order valence-corrected chi connectivity index (χ4v) is 2.78. The van der Waals surface area contributed by atoms with Gasteiger partial charge in [0.25, 0.3) is 5.91 Å². The Hall–Kier alpha value is -3.41. The molecule has 1 atom stereocenters. The lowest BCUT2D eigenvalue weighted by Gasteiger charge is -2.19. The van der Waals surface area contributed by atoms with Gasteiger partial charge in [0.05, 0.1) is 7.11 Å². The normalized spacial score (nSPS) is 11.7. The van der Waals surface area contributed by atoms with E-state index in [1.165, 1.54) is 0 Å². The number of ketones is 1. The Labute approximate surface area is 157 Å². The van der Waals surface area contributed by atoms with Crippen molar-refractivity contribution in [2.45, 2.75) is 13.0 Å². The molecule has 138 valence electrons. The number of carbonyl (C=O) groups is 2. The van der Waals surface area contributed by atoms with Gasteiger partial charge in [0, 0.05) is 25.0 Å². The highest BCUT2D eigenvalue weighted by molar-refractivity contribution is 6.42. The van der Waals surface area contributed by atoms with E-state index in [0.29, 0.717) is 17.1 Å². The highest BCUT2D eigenvalue weighted by Crippen LogP contribution is 2.23. The highest BCUT2D eigenvalue weighted by Gasteiger charge is 2.25. The summed E-state index contributed by atoms with van der Waals surface area (Å²) in [6.07, 6.45) is 3.44. The fraction of sp³-hybridized carbons (Fsp3) is 0.190. The van der Waals surface area contributed by atoms with E-state index >= 15 is 0 Å². The summed E-state index contributed by atoms with van der Waals surface area (Å²) in [7, 11) is 3.43. The lowest BCUT2D eigenvalue weighted by atomic mass is 10.0. The van der Waals surface area contributed by atoms with Crippen molar-refractivity contribution in [3.63, 3.8) is 0 Å². The molecular weight excluding hydrogens is 342 g/mol.